The van der Waals surface area contributed by atoms with Gasteiger partial charge in [-0.05, 0) is 26.7 Å². The zero-order valence-electron chi connectivity index (χ0n) is 12.6. The molecule has 1 aromatic heterocycles. The molecule has 0 radical (unpaired) electrons. The predicted molar refractivity (Wildman–Crippen MR) is 80.5 cm³/mol. The smallest absolute Gasteiger partial charge is 0.136 e. The third kappa shape index (κ3) is 3.42. The monoisotopic (exact) mass is 296 g/mol. The number of hydrogen-bond donors (Lipinski definition) is 5. The average molecular weight is 296 g/mol. The van der Waals surface area contributed by atoms with Crippen LogP contribution in [0.2, 0.25) is 0 Å². The molecule has 0 aromatic carbocycles. The van der Waals surface area contributed by atoms with Crippen LogP contribution in [0, 0.1) is 6.92 Å². The highest BCUT2D eigenvalue weighted by Crippen LogP contribution is 2.39. The van der Waals surface area contributed by atoms with Gasteiger partial charge in [0.25, 0.3) is 0 Å². The third-order valence-electron chi connectivity index (χ3n) is 3.74. The van der Waals surface area contributed by atoms with Crippen molar-refractivity contribution >= 4 is 11.6 Å². The molecule has 0 aliphatic heterocycles. The summed E-state index contributed by atoms with van der Waals surface area (Å²) in [6, 6.07) is 0. The van der Waals surface area contributed by atoms with Gasteiger partial charge in [0.15, 0.2) is 0 Å². The van der Waals surface area contributed by atoms with Gasteiger partial charge in [0.1, 0.15) is 23.0 Å². The lowest BCUT2D eigenvalue weighted by atomic mass is 10.0. The van der Waals surface area contributed by atoms with E-state index in [9.17, 15) is 15.3 Å². The number of nitrogens with zero attached hydrogens (tertiary/aromatic N) is 2. The summed E-state index contributed by atoms with van der Waals surface area (Å²) < 4.78 is 0. The Balaban J connectivity index is 2.36. The molecule has 21 heavy (non-hydrogen) atoms. The molecule has 0 bridgehead atoms. The minimum Gasteiger partial charge on any atom is -0.394 e. The van der Waals surface area contributed by atoms with Crippen molar-refractivity contribution in [1.29, 1.82) is 0 Å². The first-order chi connectivity index (χ1) is 10.1. The summed E-state index contributed by atoms with van der Waals surface area (Å²) in [5.74, 6) is 2.44. The van der Waals surface area contributed by atoms with Crippen molar-refractivity contribution < 1.29 is 15.3 Å². The lowest BCUT2D eigenvalue weighted by molar-refractivity contribution is 0.0830. The molecule has 7 nitrogen and oxygen atoms in total. The zero-order chi connectivity index (χ0) is 15.5. The highest BCUT2D eigenvalue weighted by molar-refractivity contribution is 5.58. The Kier molecular flexibility index (Phi) is 4.97. The second-order valence-electron chi connectivity index (χ2n) is 5.59. The van der Waals surface area contributed by atoms with Gasteiger partial charge in [-0.3, -0.25) is 0 Å². The fourth-order valence-corrected chi connectivity index (χ4v) is 2.04. The molecular formula is C14H24N4O3. The van der Waals surface area contributed by atoms with Crippen molar-refractivity contribution in [2.24, 2.45) is 0 Å². The second-order valence-corrected chi connectivity index (χ2v) is 5.59. The Bertz CT molecular complexity index is 479. The average Bonchev–Trinajstić information content (AvgIpc) is 3.33. The Morgan fingerprint density at radius 1 is 1.10 bits per heavy atom. The maximum absolute atomic E-state index is 9.45. The number of aromatic nitrogens is 2. The van der Waals surface area contributed by atoms with E-state index >= 15 is 0 Å². The summed E-state index contributed by atoms with van der Waals surface area (Å²) in [5, 5.41) is 34.5. The van der Waals surface area contributed by atoms with Crippen LogP contribution in [0.15, 0.2) is 0 Å². The molecule has 1 aliphatic rings. The van der Waals surface area contributed by atoms with Crippen molar-refractivity contribution in [2.45, 2.75) is 38.1 Å². The summed E-state index contributed by atoms with van der Waals surface area (Å²) in [5.41, 5.74) is -0.385. The standard InChI is InChI=1S/C14H24N4O3/c1-3-15-11-9(2)12(17-13(16-11)10-4-5-10)18-14(6-19,7-20)8-21/h10,19-21H,3-8H2,1-2H3,(H2,15,16,17,18). The quantitative estimate of drug-likeness (QED) is 0.467. The number of aliphatic hydroxyl groups excluding tert-OH is 3. The molecule has 2 rings (SSSR count). The van der Waals surface area contributed by atoms with Gasteiger partial charge in [-0.1, -0.05) is 0 Å². The van der Waals surface area contributed by atoms with E-state index in [1.165, 1.54) is 0 Å². The summed E-state index contributed by atoms with van der Waals surface area (Å²) in [6.07, 6.45) is 2.17. The van der Waals surface area contributed by atoms with E-state index in [2.05, 4.69) is 20.6 Å². The third-order valence-corrected chi connectivity index (χ3v) is 3.74. The van der Waals surface area contributed by atoms with Crippen LogP contribution < -0.4 is 10.6 Å². The molecule has 0 atom stereocenters. The van der Waals surface area contributed by atoms with E-state index in [0.29, 0.717) is 11.7 Å². The maximum atomic E-state index is 9.45. The van der Waals surface area contributed by atoms with Gasteiger partial charge in [-0.15, -0.1) is 0 Å². The van der Waals surface area contributed by atoms with Crippen molar-refractivity contribution in [3.05, 3.63) is 11.4 Å². The van der Waals surface area contributed by atoms with Gasteiger partial charge in [-0.2, -0.15) is 0 Å². The van der Waals surface area contributed by atoms with Crippen molar-refractivity contribution in [3.63, 3.8) is 0 Å². The molecule has 1 heterocycles. The molecule has 7 heteroatoms. The Hall–Kier alpha value is -1.44. The molecule has 118 valence electrons. The van der Waals surface area contributed by atoms with Gasteiger partial charge in [-0.25, -0.2) is 9.97 Å². The molecule has 0 spiro atoms. The van der Waals surface area contributed by atoms with Gasteiger partial charge in [0, 0.05) is 18.0 Å². The summed E-state index contributed by atoms with van der Waals surface area (Å²) >= 11 is 0. The summed E-state index contributed by atoms with van der Waals surface area (Å²) in [4.78, 5) is 9.05. The molecule has 1 saturated carbocycles. The fraction of sp³-hybridized carbons (Fsp3) is 0.714. The van der Waals surface area contributed by atoms with Crippen LogP contribution in [0.1, 0.15) is 37.1 Å². The molecule has 1 fully saturated rings. The van der Waals surface area contributed by atoms with Crippen LogP contribution in [0.25, 0.3) is 0 Å². The van der Waals surface area contributed by atoms with Crippen LogP contribution in [0.4, 0.5) is 11.6 Å². The van der Waals surface area contributed by atoms with Crippen molar-refractivity contribution in [3.8, 4) is 0 Å². The SMILES string of the molecule is CCNc1nc(C2CC2)nc(NC(CO)(CO)CO)c1C. The van der Waals surface area contributed by atoms with E-state index < -0.39 is 25.4 Å². The van der Waals surface area contributed by atoms with Crippen LogP contribution in [-0.2, 0) is 0 Å². The molecule has 0 amide bonds. The molecular weight excluding hydrogens is 272 g/mol. The molecule has 5 N–H and O–H groups in total. The fourth-order valence-electron chi connectivity index (χ4n) is 2.04. The van der Waals surface area contributed by atoms with Crippen LogP contribution in [0.5, 0.6) is 0 Å². The highest BCUT2D eigenvalue weighted by Gasteiger charge is 2.32. The van der Waals surface area contributed by atoms with Crippen LogP contribution >= 0.6 is 0 Å². The van der Waals surface area contributed by atoms with E-state index in [1.54, 1.807) is 0 Å². The second kappa shape index (κ2) is 6.55. The molecule has 0 saturated heterocycles. The van der Waals surface area contributed by atoms with E-state index in [1.807, 2.05) is 13.8 Å². The number of aliphatic hydroxyl groups is 3. The lowest BCUT2D eigenvalue weighted by Crippen LogP contribution is -2.49. The number of anilines is 2. The van der Waals surface area contributed by atoms with E-state index in [-0.39, 0.29) is 0 Å². The summed E-state index contributed by atoms with van der Waals surface area (Å²) in [7, 11) is 0. The topological polar surface area (TPSA) is 111 Å². The molecule has 1 aromatic rings. The number of hydrogen-bond acceptors (Lipinski definition) is 7. The Labute approximate surface area is 124 Å². The van der Waals surface area contributed by atoms with Crippen molar-refractivity contribution in [1.82, 2.24) is 9.97 Å². The molecule has 0 unspecified atom stereocenters. The number of nitrogens with one attached hydrogen (secondary N) is 2. The summed E-state index contributed by atoms with van der Waals surface area (Å²) in [6.45, 7) is 3.43. The first-order valence-corrected chi connectivity index (χ1v) is 7.32. The maximum Gasteiger partial charge on any atom is 0.136 e. The van der Waals surface area contributed by atoms with Crippen molar-refractivity contribution in [2.75, 3.05) is 37.0 Å². The number of rotatable bonds is 8. The predicted octanol–water partition coefficient (Wildman–Crippen LogP) is 0.222. The van der Waals surface area contributed by atoms with E-state index in [0.717, 1.165) is 36.6 Å². The van der Waals surface area contributed by atoms with E-state index in [4.69, 9.17) is 0 Å². The zero-order valence-corrected chi connectivity index (χ0v) is 12.6. The van der Waals surface area contributed by atoms with Gasteiger partial charge >= 0.3 is 0 Å². The van der Waals surface area contributed by atoms with Crippen LogP contribution in [0.3, 0.4) is 0 Å². The lowest BCUT2D eigenvalue weighted by Gasteiger charge is -2.30. The normalized spacial score (nSPS) is 15.1. The minimum atomic E-state index is -1.19. The Morgan fingerprint density at radius 3 is 2.14 bits per heavy atom. The van der Waals surface area contributed by atoms with Gasteiger partial charge in [0.05, 0.1) is 19.8 Å². The largest absolute Gasteiger partial charge is 0.394 e. The van der Waals surface area contributed by atoms with Crippen LogP contribution in [-0.4, -0.2) is 57.2 Å². The first-order valence-electron chi connectivity index (χ1n) is 7.32. The minimum absolute atomic E-state index is 0.385. The first kappa shape index (κ1) is 15.9. The highest BCUT2D eigenvalue weighted by atomic mass is 16.3. The molecule has 1 aliphatic carbocycles. The van der Waals surface area contributed by atoms with Gasteiger partial charge in [0.2, 0.25) is 0 Å². The Morgan fingerprint density at radius 2 is 1.67 bits per heavy atom. The van der Waals surface area contributed by atoms with Gasteiger partial charge < -0.3 is 26.0 Å².